The molecule has 0 heterocycles. The maximum atomic E-state index is 12.9. The van der Waals surface area contributed by atoms with Gasteiger partial charge in [-0.3, -0.25) is 4.90 Å². The minimum Gasteiger partial charge on any atom is -0.495 e. The van der Waals surface area contributed by atoms with Gasteiger partial charge in [0.25, 0.3) is 0 Å². The van der Waals surface area contributed by atoms with Gasteiger partial charge in [0.15, 0.2) is 0 Å². The summed E-state index contributed by atoms with van der Waals surface area (Å²) >= 11 is 0. The Bertz CT molecular complexity index is 355. The van der Waals surface area contributed by atoms with E-state index in [1.807, 2.05) is 0 Å². The minimum absolute atomic E-state index is 0.306. The van der Waals surface area contributed by atoms with Gasteiger partial charge in [-0.1, -0.05) is 0 Å². The second kappa shape index (κ2) is 3.95. The Balaban J connectivity index is 3.16. The lowest BCUT2D eigenvalue weighted by atomic mass is 10.2. The maximum absolute atomic E-state index is 12.9. The van der Waals surface area contributed by atoms with E-state index in [1.165, 1.54) is 32.4 Å². The van der Waals surface area contributed by atoms with Crippen LogP contribution in [0.25, 0.3) is 0 Å². The summed E-state index contributed by atoms with van der Waals surface area (Å²) in [5.74, 6) is -0.0541. The van der Waals surface area contributed by atoms with E-state index in [4.69, 9.17) is 10.5 Å². The zero-order valence-corrected chi connectivity index (χ0v) is 7.95. The maximum Gasteiger partial charge on any atom is 0.319 e. The highest BCUT2D eigenvalue weighted by atomic mass is 19.1. The standard InChI is InChI=1S/C9H11FN2O2/c1-12(9(11)13)7-5-6(10)3-4-8(7)14-2/h3-5H,1-2H3,(H2,11,13). The van der Waals surface area contributed by atoms with Crippen molar-refractivity contribution in [2.45, 2.75) is 0 Å². The Morgan fingerprint density at radius 1 is 1.57 bits per heavy atom. The molecule has 4 nitrogen and oxygen atoms in total. The second-order valence-electron chi connectivity index (χ2n) is 2.71. The number of hydrogen-bond donors (Lipinski definition) is 1. The van der Waals surface area contributed by atoms with Gasteiger partial charge in [0.1, 0.15) is 11.6 Å². The molecule has 5 heteroatoms. The molecule has 1 rings (SSSR count). The van der Waals surface area contributed by atoms with E-state index in [0.29, 0.717) is 11.4 Å². The molecular formula is C9H11FN2O2. The Morgan fingerprint density at radius 2 is 2.21 bits per heavy atom. The van der Waals surface area contributed by atoms with Crippen LogP contribution >= 0.6 is 0 Å². The van der Waals surface area contributed by atoms with Crippen molar-refractivity contribution in [3.63, 3.8) is 0 Å². The zero-order valence-electron chi connectivity index (χ0n) is 7.95. The number of primary amides is 1. The van der Waals surface area contributed by atoms with Gasteiger partial charge in [-0.2, -0.15) is 0 Å². The molecule has 0 aromatic heterocycles. The SMILES string of the molecule is COc1ccc(F)cc1N(C)C(N)=O. The molecule has 0 saturated carbocycles. The van der Waals surface area contributed by atoms with Gasteiger partial charge < -0.3 is 10.5 Å². The number of hydrogen-bond acceptors (Lipinski definition) is 2. The molecule has 14 heavy (non-hydrogen) atoms. The van der Waals surface area contributed by atoms with Crippen LogP contribution in [0.3, 0.4) is 0 Å². The molecule has 0 aliphatic heterocycles. The highest BCUT2D eigenvalue weighted by Gasteiger charge is 2.12. The van der Waals surface area contributed by atoms with Crippen molar-refractivity contribution >= 4 is 11.7 Å². The molecule has 0 fully saturated rings. The van der Waals surface area contributed by atoms with Gasteiger partial charge in [0, 0.05) is 13.1 Å². The van der Waals surface area contributed by atoms with E-state index in [9.17, 15) is 9.18 Å². The van der Waals surface area contributed by atoms with Gasteiger partial charge in [0.05, 0.1) is 12.8 Å². The van der Waals surface area contributed by atoms with Gasteiger partial charge in [0.2, 0.25) is 0 Å². The highest BCUT2D eigenvalue weighted by molar-refractivity contribution is 5.91. The Morgan fingerprint density at radius 3 is 2.71 bits per heavy atom. The number of nitrogens with zero attached hydrogens (tertiary/aromatic N) is 1. The van der Waals surface area contributed by atoms with E-state index >= 15 is 0 Å². The third-order valence-electron chi connectivity index (χ3n) is 1.83. The number of urea groups is 1. The molecule has 0 bridgehead atoms. The van der Waals surface area contributed by atoms with Gasteiger partial charge in [-0.25, -0.2) is 9.18 Å². The first-order valence-electron chi connectivity index (χ1n) is 3.93. The Hall–Kier alpha value is -1.78. The number of nitrogens with two attached hydrogens (primary N) is 1. The predicted octanol–water partition coefficient (Wildman–Crippen LogP) is 1.35. The second-order valence-corrected chi connectivity index (χ2v) is 2.71. The molecule has 0 atom stereocenters. The van der Waals surface area contributed by atoms with Crippen molar-refractivity contribution < 1.29 is 13.9 Å². The van der Waals surface area contributed by atoms with Gasteiger partial charge in [-0.05, 0) is 12.1 Å². The van der Waals surface area contributed by atoms with E-state index in [1.54, 1.807) is 0 Å². The highest BCUT2D eigenvalue weighted by Crippen LogP contribution is 2.27. The first-order valence-corrected chi connectivity index (χ1v) is 3.93. The number of ether oxygens (including phenoxy) is 1. The van der Waals surface area contributed by atoms with Crippen LogP contribution < -0.4 is 15.4 Å². The molecular weight excluding hydrogens is 187 g/mol. The Kier molecular flexibility index (Phi) is 2.91. The van der Waals surface area contributed by atoms with Crippen molar-refractivity contribution in [3.8, 4) is 5.75 Å². The average molecular weight is 198 g/mol. The molecule has 1 aromatic rings. The molecule has 2 amide bonds. The van der Waals surface area contributed by atoms with Gasteiger partial charge >= 0.3 is 6.03 Å². The number of anilines is 1. The lowest BCUT2D eigenvalue weighted by molar-refractivity contribution is 0.255. The first-order chi connectivity index (χ1) is 6.56. The average Bonchev–Trinajstić information content (AvgIpc) is 2.16. The lowest BCUT2D eigenvalue weighted by Crippen LogP contribution is -2.32. The Labute approximate surface area is 81.1 Å². The van der Waals surface area contributed by atoms with E-state index in [2.05, 4.69) is 0 Å². The summed E-state index contributed by atoms with van der Waals surface area (Å²) in [4.78, 5) is 12.0. The van der Waals surface area contributed by atoms with E-state index < -0.39 is 11.8 Å². The van der Waals surface area contributed by atoms with Crippen molar-refractivity contribution in [2.24, 2.45) is 5.73 Å². The molecule has 0 spiro atoms. The largest absolute Gasteiger partial charge is 0.495 e. The molecule has 0 radical (unpaired) electrons. The lowest BCUT2D eigenvalue weighted by Gasteiger charge is -2.17. The fraction of sp³-hybridized carbons (Fsp3) is 0.222. The van der Waals surface area contributed by atoms with Crippen LogP contribution in [-0.2, 0) is 0 Å². The zero-order chi connectivity index (χ0) is 10.7. The van der Waals surface area contributed by atoms with Crippen LogP contribution in [0, 0.1) is 5.82 Å². The summed E-state index contributed by atoms with van der Waals surface area (Å²) in [6, 6.07) is 3.19. The molecule has 0 saturated heterocycles. The topological polar surface area (TPSA) is 55.6 Å². The monoisotopic (exact) mass is 198 g/mol. The van der Waals surface area contributed by atoms with Crippen molar-refractivity contribution in [1.29, 1.82) is 0 Å². The number of rotatable bonds is 2. The van der Waals surface area contributed by atoms with Crippen LogP contribution in [0.15, 0.2) is 18.2 Å². The number of methoxy groups -OCH3 is 1. The van der Waals surface area contributed by atoms with Crippen LogP contribution in [0.2, 0.25) is 0 Å². The van der Waals surface area contributed by atoms with E-state index in [-0.39, 0.29) is 0 Å². The minimum atomic E-state index is -0.672. The normalized spacial score (nSPS) is 9.64. The van der Waals surface area contributed by atoms with Crippen molar-refractivity contribution in [1.82, 2.24) is 0 Å². The number of carbonyl (C=O) groups is 1. The summed E-state index contributed by atoms with van der Waals surface area (Å²) in [6.07, 6.45) is 0. The van der Waals surface area contributed by atoms with Crippen molar-refractivity contribution in [3.05, 3.63) is 24.0 Å². The molecule has 76 valence electrons. The van der Waals surface area contributed by atoms with Crippen molar-refractivity contribution in [2.75, 3.05) is 19.1 Å². The van der Waals surface area contributed by atoms with Gasteiger partial charge in [-0.15, -0.1) is 0 Å². The van der Waals surface area contributed by atoms with Crippen LogP contribution in [-0.4, -0.2) is 20.2 Å². The smallest absolute Gasteiger partial charge is 0.319 e. The van der Waals surface area contributed by atoms with Crippen LogP contribution in [0.4, 0.5) is 14.9 Å². The summed E-state index contributed by atoms with van der Waals surface area (Å²) in [5.41, 5.74) is 5.36. The van der Waals surface area contributed by atoms with E-state index in [0.717, 1.165) is 4.90 Å². The summed E-state index contributed by atoms with van der Waals surface area (Å²) in [5, 5.41) is 0. The third-order valence-corrected chi connectivity index (χ3v) is 1.83. The number of carbonyl (C=O) groups excluding carboxylic acids is 1. The van der Waals surface area contributed by atoms with Crippen LogP contribution in [0.1, 0.15) is 0 Å². The first kappa shape index (κ1) is 10.3. The number of amides is 2. The fourth-order valence-electron chi connectivity index (χ4n) is 1.04. The summed E-state index contributed by atoms with van der Waals surface area (Å²) in [7, 11) is 2.88. The molecule has 0 aliphatic rings. The number of benzene rings is 1. The quantitative estimate of drug-likeness (QED) is 0.779. The molecule has 0 aliphatic carbocycles. The fourth-order valence-corrected chi connectivity index (χ4v) is 1.04. The number of halogens is 1. The predicted molar refractivity (Wildman–Crippen MR) is 50.9 cm³/mol. The summed E-state index contributed by atoms with van der Waals surface area (Å²) in [6.45, 7) is 0. The third kappa shape index (κ3) is 1.93. The summed E-state index contributed by atoms with van der Waals surface area (Å²) < 4.78 is 17.8. The molecule has 1 aromatic carbocycles. The molecule has 0 unspecified atom stereocenters. The van der Waals surface area contributed by atoms with Crippen LogP contribution in [0.5, 0.6) is 5.75 Å². The molecule has 2 N–H and O–H groups in total.